The molecule has 36 heteroatoms. The van der Waals surface area contributed by atoms with Gasteiger partial charge in [-0.3, -0.25) is 20.7 Å². The van der Waals surface area contributed by atoms with Crippen molar-refractivity contribution in [2.45, 2.75) is 138 Å². The fourth-order valence-electron chi connectivity index (χ4n) is 4.00. The van der Waals surface area contributed by atoms with Crippen LogP contribution in [0.3, 0.4) is 0 Å². The number of amidine groups is 5. The van der Waals surface area contributed by atoms with E-state index in [9.17, 15) is 0 Å². The molecule has 0 bridgehead atoms. The van der Waals surface area contributed by atoms with Crippen molar-refractivity contribution in [1.82, 2.24) is 36.0 Å². The summed E-state index contributed by atoms with van der Waals surface area (Å²) in [5.74, 6) is 3.11. The summed E-state index contributed by atoms with van der Waals surface area (Å²) in [5, 5.41) is 89.9. The molecule has 36 nitrogen and oxygen atoms in total. The van der Waals surface area contributed by atoms with E-state index in [-0.39, 0.29) is 59.5 Å². The van der Waals surface area contributed by atoms with Crippen LogP contribution >= 0.6 is 0 Å². The van der Waals surface area contributed by atoms with E-state index in [2.05, 4.69) is 123 Å². The lowest BCUT2D eigenvalue weighted by Gasteiger charge is -2.05. The average molecular weight is 1010 g/mol. The number of azo groups is 6. The van der Waals surface area contributed by atoms with Crippen molar-refractivity contribution >= 4 is 86.9 Å². The molecule has 0 amide bonds. The Hall–Kier alpha value is -8.99. The first-order chi connectivity index (χ1) is 33.7. The van der Waals surface area contributed by atoms with Gasteiger partial charge in [0.1, 0.15) is 23.2 Å². The minimum absolute atomic E-state index is 0.0376. The Labute approximate surface area is 415 Å². The van der Waals surface area contributed by atoms with Crippen LogP contribution in [-0.4, -0.2) is 120 Å². The second kappa shape index (κ2) is 30.5. The van der Waals surface area contributed by atoms with Gasteiger partial charge in [0.2, 0.25) is 0 Å². The number of nitrogen functional groups attached to an aromatic ring is 6. The summed E-state index contributed by atoms with van der Waals surface area (Å²) < 4.78 is 0. The van der Waals surface area contributed by atoms with Crippen LogP contribution in [-0.2, 0) is 0 Å². The van der Waals surface area contributed by atoms with Crippen LogP contribution in [0, 0.1) is 5.41 Å². The summed E-state index contributed by atoms with van der Waals surface area (Å²) in [4.78, 5) is 0. The molecule has 3 aliphatic rings. The number of hydrogen-bond acceptors (Lipinski definition) is 32. The quantitative estimate of drug-likeness (QED) is 0.0916. The van der Waals surface area contributed by atoms with Crippen LogP contribution in [0.5, 0.6) is 0 Å². The Morgan fingerprint density at radius 1 is 0.472 bits per heavy atom. The van der Waals surface area contributed by atoms with E-state index in [1.165, 1.54) is 0 Å². The zero-order chi connectivity index (χ0) is 54.8. The van der Waals surface area contributed by atoms with Crippen LogP contribution in [0.4, 0.5) is 52.0 Å². The molecule has 0 aromatic carbocycles. The van der Waals surface area contributed by atoms with E-state index in [1.807, 2.05) is 83.1 Å². The summed E-state index contributed by atoms with van der Waals surface area (Å²) in [6.45, 7) is 23.0. The maximum Gasteiger partial charge on any atom is 0.194 e. The lowest BCUT2D eigenvalue weighted by atomic mass is 10.3. The van der Waals surface area contributed by atoms with E-state index in [4.69, 9.17) is 68.5 Å². The van der Waals surface area contributed by atoms with Gasteiger partial charge in [0.15, 0.2) is 81.9 Å². The van der Waals surface area contributed by atoms with Gasteiger partial charge in [-0.2, -0.15) is 61.3 Å². The van der Waals surface area contributed by atoms with E-state index in [0.29, 0.717) is 63.6 Å². The van der Waals surface area contributed by atoms with Gasteiger partial charge >= 0.3 is 0 Å². The first-order valence-corrected chi connectivity index (χ1v) is 21.9. The maximum absolute atomic E-state index is 7.27. The second-order valence-corrected chi connectivity index (χ2v) is 16.4. The van der Waals surface area contributed by atoms with Gasteiger partial charge < -0.3 is 68.5 Å². The third kappa shape index (κ3) is 22.4. The van der Waals surface area contributed by atoms with Gasteiger partial charge in [-0.25, -0.2) is 0 Å². The fraction of sp³-hybridized carbons (Fsp3) is 0.583. The molecule has 0 aliphatic carbocycles. The first-order valence-electron chi connectivity index (χ1n) is 21.9. The number of anilines is 6. The molecule has 0 fully saturated rings. The largest absolute Gasteiger partial charge is 0.383 e. The number of H-pyrrole nitrogens is 3. The molecule has 6 heterocycles. The van der Waals surface area contributed by atoms with E-state index in [0.717, 1.165) is 0 Å². The van der Waals surface area contributed by atoms with Gasteiger partial charge in [0.05, 0.1) is 30.2 Å². The number of aromatic nitrogens is 6. The summed E-state index contributed by atoms with van der Waals surface area (Å²) in [5.41, 5.74) is 64.5. The smallest absolute Gasteiger partial charge is 0.194 e. The molecule has 0 spiro atoms. The summed E-state index contributed by atoms with van der Waals surface area (Å²) >= 11 is 0. The Morgan fingerprint density at radius 3 is 0.972 bits per heavy atom. The Kier molecular flexibility index (Phi) is 25.8. The molecule has 72 heavy (non-hydrogen) atoms. The predicted octanol–water partition coefficient (Wildman–Crippen LogP) is 2.98. The van der Waals surface area contributed by atoms with Crippen molar-refractivity contribution in [3.63, 3.8) is 0 Å². The second-order valence-electron chi connectivity index (χ2n) is 16.4. The maximum atomic E-state index is 7.27. The molecule has 1 atom stereocenters. The predicted molar refractivity (Wildman–Crippen MR) is 282 cm³/mol. The van der Waals surface area contributed by atoms with Crippen LogP contribution in [0.25, 0.3) is 0 Å². The molecule has 0 radical (unpaired) electrons. The molecule has 0 saturated heterocycles. The van der Waals surface area contributed by atoms with Crippen molar-refractivity contribution < 1.29 is 0 Å². The summed E-state index contributed by atoms with van der Waals surface area (Å²) in [6.07, 6.45) is -0.580. The summed E-state index contributed by atoms with van der Waals surface area (Å²) in [6, 6.07) is -0.0496. The Balaban J connectivity index is 0.000000432. The highest BCUT2D eigenvalue weighted by Crippen LogP contribution is 2.28. The van der Waals surface area contributed by atoms with Crippen LogP contribution in [0.2, 0.25) is 0 Å². The molecule has 0 saturated carbocycles. The Morgan fingerprint density at radius 2 is 0.764 bits per heavy atom. The van der Waals surface area contributed by atoms with Crippen molar-refractivity contribution in [3.8, 4) is 0 Å². The number of rotatable bonds is 12. The van der Waals surface area contributed by atoms with Crippen molar-refractivity contribution in [2.24, 2.45) is 116 Å². The number of hydrazone groups is 1. The van der Waals surface area contributed by atoms with Gasteiger partial charge in [-0.15, -0.1) is 40.9 Å². The van der Waals surface area contributed by atoms with Crippen LogP contribution < -0.4 is 68.5 Å². The molecule has 3 aromatic heterocycles. The first kappa shape index (κ1) is 61.0. The standard InChI is InChI=1S/6C6H12N6/c6*1-3(2)9-10-4-5(7)11-12-6(4)8/h3*3H,1-2H3,(H5,7,8,11,12);3,5,8-9H,7H2,1-2H3;2*3-4H,1-2H3,(H2,7,11)(H2,8,12). The third-order valence-electron chi connectivity index (χ3n) is 7.31. The zero-order valence-corrected chi connectivity index (χ0v) is 42.5. The monoisotopic (exact) mass is 1010 g/mol. The number of aromatic amines is 3. The number of nitrogens with two attached hydrogens (primary N) is 11. The van der Waals surface area contributed by atoms with Gasteiger partial charge in [-0.1, -0.05) is 0 Å². The van der Waals surface area contributed by atoms with Crippen molar-refractivity contribution in [2.75, 3.05) is 34.4 Å². The molecule has 27 N–H and O–H groups in total. The molecule has 6 rings (SSSR count). The fourth-order valence-corrected chi connectivity index (χ4v) is 4.00. The third-order valence-corrected chi connectivity index (χ3v) is 7.31. The normalized spacial score (nSPS) is 16.4. The topological polar surface area (TPSA) is 618 Å². The lowest BCUT2D eigenvalue weighted by Crippen LogP contribution is -2.35. The van der Waals surface area contributed by atoms with Crippen molar-refractivity contribution in [3.05, 3.63) is 0 Å². The van der Waals surface area contributed by atoms with Crippen molar-refractivity contribution in [1.29, 1.82) is 5.41 Å². The average Bonchev–Trinajstić information content (AvgIpc) is 4.13. The molecule has 3 aromatic rings. The highest BCUT2D eigenvalue weighted by Gasteiger charge is 2.24. The number of nitrogens with one attached hydrogen (secondary N) is 5. The summed E-state index contributed by atoms with van der Waals surface area (Å²) in [7, 11) is 0. The van der Waals surface area contributed by atoms with Gasteiger partial charge in [0.25, 0.3) is 0 Å². The molecular formula is C36H72N36. The lowest BCUT2D eigenvalue weighted by molar-refractivity contribution is 0.618. The number of nitrogens with zero attached hydrogens (tertiary/aromatic N) is 20. The molecule has 396 valence electrons. The van der Waals surface area contributed by atoms with E-state index >= 15 is 0 Å². The molecule has 1 unspecified atom stereocenters. The van der Waals surface area contributed by atoms with Crippen LogP contribution in [0.1, 0.15) is 83.1 Å². The number of hydrogen-bond donors (Lipinski definition) is 16. The minimum Gasteiger partial charge on any atom is -0.383 e. The van der Waals surface area contributed by atoms with Crippen LogP contribution in [0.15, 0.2) is 86.9 Å². The highest BCUT2D eigenvalue weighted by molar-refractivity contribution is 6.43. The van der Waals surface area contributed by atoms with E-state index in [1.54, 1.807) is 0 Å². The molecule has 3 aliphatic heterocycles. The van der Waals surface area contributed by atoms with E-state index < -0.39 is 18.2 Å². The van der Waals surface area contributed by atoms with Gasteiger partial charge in [-0.05, 0) is 83.1 Å². The highest BCUT2D eigenvalue weighted by atomic mass is 15.4. The SMILES string of the molecule is CC(C)N=NC1C(N)=NN=C1N.CC(C)N=NC1C(N)=NN=C1N.CC(C)N=Nc1c(N)n[nH]c1N.CC(C)N=Nc1c(N)n[nH]c1N.CC(C)N=Nc1c(N)n[nH]c1N.CC(C)NN=C1C(=N)N=NC1N. The molecular weight excluding hydrogens is 937 g/mol. The zero-order valence-electron chi connectivity index (χ0n) is 42.5. The Bertz CT molecular complexity index is 2190. The minimum atomic E-state index is -0.580. The van der Waals surface area contributed by atoms with Gasteiger partial charge in [0, 0.05) is 6.04 Å².